The van der Waals surface area contributed by atoms with E-state index in [4.69, 9.17) is 9.47 Å². The zero-order chi connectivity index (χ0) is 25.4. The summed E-state index contributed by atoms with van der Waals surface area (Å²) in [6.45, 7) is 8.00. The van der Waals surface area contributed by atoms with E-state index in [1.807, 2.05) is 0 Å². The van der Waals surface area contributed by atoms with Crippen LogP contribution in [-0.4, -0.2) is 40.6 Å². The van der Waals surface area contributed by atoms with E-state index in [0.717, 1.165) is 0 Å². The highest BCUT2D eigenvalue weighted by Gasteiger charge is 2.50. The number of hydrogen-bond acceptors (Lipinski definition) is 8. The Hall–Kier alpha value is -3.09. The van der Waals surface area contributed by atoms with Gasteiger partial charge in [-0.1, -0.05) is 23.8 Å². The van der Waals surface area contributed by atoms with E-state index in [2.05, 4.69) is 4.28 Å². The van der Waals surface area contributed by atoms with Crippen LogP contribution in [-0.2, 0) is 14.9 Å². The third-order valence-corrected chi connectivity index (χ3v) is 5.36. The molecule has 184 valence electrons. The lowest BCUT2D eigenvalue weighted by atomic mass is 9.88. The summed E-state index contributed by atoms with van der Waals surface area (Å²) in [5, 5.41) is 20.6. The minimum atomic E-state index is -6.14. The minimum Gasteiger partial charge on any atom is -0.492 e. The van der Waals surface area contributed by atoms with Crippen molar-refractivity contribution in [2.45, 2.75) is 58.1 Å². The molecule has 0 bridgehead atoms. The van der Waals surface area contributed by atoms with Crippen molar-refractivity contribution in [3.8, 4) is 17.5 Å². The van der Waals surface area contributed by atoms with Gasteiger partial charge in [0.05, 0.1) is 0 Å². The number of nitrogens with zero attached hydrogens (tertiary/aromatic N) is 1. The van der Waals surface area contributed by atoms with Gasteiger partial charge in [0.2, 0.25) is 11.8 Å². The van der Waals surface area contributed by atoms with Crippen LogP contribution >= 0.6 is 0 Å². The van der Waals surface area contributed by atoms with Crippen LogP contribution in [0.5, 0.6) is 17.5 Å². The second-order valence-corrected chi connectivity index (χ2v) is 9.57. The number of carbonyl (C=O) groups is 1. The molecule has 0 saturated carbocycles. The number of halogens is 3. The molecule has 0 fully saturated rings. The van der Waals surface area contributed by atoms with Gasteiger partial charge >= 0.3 is 21.8 Å². The highest BCUT2D eigenvalue weighted by Crippen LogP contribution is 2.42. The molecule has 2 rings (SSSR count). The van der Waals surface area contributed by atoms with Crippen LogP contribution in [0.15, 0.2) is 24.3 Å². The number of alkyl halides is 3. The van der Waals surface area contributed by atoms with Crippen LogP contribution in [0, 0.1) is 6.92 Å². The van der Waals surface area contributed by atoms with Crippen LogP contribution in [0.2, 0.25) is 0 Å². The van der Waals surface area contributed by atoms with Crippen LogP contribution < -0.4 is 9.02 Å². The number of hydrogen-bond donors (Lipinski definition) is 2. The largest absolute Gasteiger partial charge is 0.536 e. The second kappa shape index (κ2) is 9.04. The predicted octanol–water partition coefficient (Wildman–Crippen LogP) is 4.34. The maximum Gasteiger partial charge on any atom is 0.536 e. The summed E-state index contributed by atoms with van der Waals surface area (Å²) in [5.74, 6) is -2.52. The third kappa shape index (κ3) is 5.83. The molecule has 0 spiro atoms. The normalized spacial score (nSPS) is 13.5. The van der Waals surface area contributed by atoms with Gasteiger partial charge in [-0.25, -0.2) is 4.79 Å². The van der Waals surface area contributed by atoms with Gasteiger partial charge in [0, 0.05) is 17.0 Å². The molecular formula is C20H24F3NO8S. The molecule has 0 aliphatic heterocycles. The molecule has 1 unspecified atom stereocenters. The molecule has 0 aliphatic rings. The van der Waals surface area contributed by atoms with Gasteiger partial charge in [-0.3, -0.25) is 4.28 Å². The maximum absolute atomic E-state index is 12.7. The smallest absolute Gasteiger partial charge is 0.492 e. The monoisotopic (exact) mass is 495 g/mol. The summed E-state index contributed by atoms with van der Waals surface area (Å²) in [5.41, 5.74) is -6.10. The first kappa shape index (κ1) is 26.2. The molecule has 1 aromatic heterocycles. The van der Waals surface area contributed by atoms with E-state index in [0.29, 0.717) is 12.0 Å². The first-order chi connectivity index (χ1) is 15.0. The van der Waals surface area contributed by atoms with Crippen LogP contribution in [0.4, 0.5) is 18.0 Å². The Labute approximate surface area is 188 Å². The second-order valence-electron chi connectivity index (χ2n) is 8.05. The average molecular weight is 495 g/mol. The molecule has 0 amide bonds. The van der Waals surface area contributed by atoms with Crippen molar-refractivity contribution in [2.24, 2.45) is 0 Å². The van der Waals surface area contributed by atoms with Crippen molar-refractivity contribution in [1.82, 2.24) is 4.73 Å². The van der Waals surface area contributed by atoms with Crippen molar-refractivity contribution >= 4 is 16.3 Å². The lowest BCUT2D eigenvalue weighted by Gasteiger charge is -2.19. The Balaban J connectivity index is 2.37. The Morgan fingerprint density at radius 2 is 1.64 bits per heavy atom. The van der Waals surface area contributed by atoms with E-state index < -0.39 is 45.1 Å². The summed E-state index contributed by atoms with van der Waals surface area (Å²) in [6.07, 6.45) is -0.614. The molecule has 1 aromatic carbocycles. The lowest BCUT2D eigenvalue weighted by Crippen LogP contribution is -2.32. The van der Waals surface area contributed by atoms with Crippen molar-refractivity contribution in [2.75, 3.05) is 0 Å². The Morgan fingerprint density at radius 3 is 2.09 bits per heavy atom. The quantitative estimate of drug-likeness (QED) is 0.345. The number of benzene rings is 1. The number of aromatic hydroxyl groups is 2. The molecule has 1 heterocycles. The van der Waals surface area contributed by atoms with Crippen molar-refractivity contribution in [1.29, 1.82) is 0 Å². The van der Waals surface area contributed by atoms with Gasteiger partial charge in [-0.15, -0.1) is 0 Å². The Bertz CT molecular complexity index is 1120. The fourth-order valence-corrected chi connectivity index (χ4v) is 3.44. The molecule has 2 N–H and O–H groups in total. The lowest BCUT2D eigenvalue weighted by molar-refractivity contribution is -0.0554. The standard InChI is InChI=1S/C20H24F3NO8S/c1-6-14(12-7-9-13(10-8-12)30-18(27)31-19(3,4)5)15-11(2)16(25)24(17(15)26)32-33(28,29)20(21,22)23/h7-10,14,25-26H,6H2,1-5H3. The first-order valence-corrected chi connectivity index (χ1v) is 11.0. The van der Waals surface area contributed by atoms with Gasteiger partial charge in [0.1, 0.15) is 11.4 Å². The Morgan fingerprint density at radius 1 is 1.09 bits per heavy atom. The maximum atomic E-state index is 12.7. The summed E-state index contributed by atoms with van der Waals surface area (Å²) in [7, 11) is -6.14. The van der Waals surface area contributed by atoms with Gasteiger partial charge in [0.25, 0.3) is 0 Å². The molecule has 1 atom stereocenters. The SMILES string of the molecule is CCC(c1ccc(OC(=O)OC(C)(C)C)cc1)c1c(C)c(O)n(OS(=O)(=O)C(F)(F)F)c1O. The fraction of sp³-hybridized carbons (Fsp3) is 0.450. The van der Waals surface area contributed by atoms with Gasteiger partial charge in [-0.05, 0) is 51.8 Å². The van der Waals surface area contributed by atoms with Crippen molar-refractivity contribution in [3.63, 3.8) is 0 Å². The molecule has 0 saturated heterocycles. The number of ether oxygens (including phenoxy) is 2. The van der Waals surface area contributed by atoms with Gasteiger partial charge in [0.15, 0.2) is 0 Å². The fourth-order valence-electron chi connectivity index (χ4n) is 3.02. The molecule has 0 radical (unpaired) electrons. The van der Waals surface area contributed by atoms with Crippen LogP contribution in [0.3, 0.4) is 0 Å². The highest BCUT2D eigenvalue weighted by atomic mass is 32.2. The van der Waals surface area contributed by atoms with E-state index in [9.17, 15) is 36.6 Å². The van der Waals surface area contributed by atoms with E-state index in [1.54, 1.807) is 27.7 Å². The summed E-state index contributed by atoms with van der Waals surface area (Å²) < 4.78 is 74.5. The molecule has 0 aliphatic carbocycles. The third-order valence-electron chi connectivity index (χ3n) is 4.45. The zero-order valence-electron chi connectivity index (χ0n) is 18.4. The van der Waals surface area contributed by atoms with Gasteiger partial charge in [-0.2, -0.15) is 21.6 Å². The highest BCUT2D eigenvalue weighted by molar-refractivity contribution is 7.87. The summed E-state index contributed by atoms with van der Waals surface area (Å²) in [4.78, 5) is 11.8. The molecule has 9 nitrogen and oxygen atoms in total. The molecule has 13 heteroatoms. The van der Waals surface area contributed by atoms with E-state index >= 15 is 0 Å². The zero-order valence-corrected chi connectivity index (χ0v) is 19.2. The first-order valence-electron chi connectivity index (χ1n) is 9.63. The minimum absolute atomic E-state index is 0.0341. The molecule has 33 heavy (non-hydrogen) atoms. The average Bonchev–Trinajstić information content (AvgIpc) is 2.85. The van der Waals surface area contributed by atoms with Crippen LogP contribution in [0.1, 0.15) is 56.7 Å². The number of carbonyl (C=O) groups excluding carboxylic acids is 1. The predicted molar refractivity (Wildman–Crippen MR) is 109 cm³/mol. The van der Waals surface area contributed by atoms with E-state index in [-0.39, 0.29) is 21.6 Å². The number of rotatable bonds is 6. The Kier molecular flexibility index (Phi) is 7.17. The van der Waals surface area contributed by atoms with Crippen molar-refractivity contribution in [3.05, 3.63) is 41.0 Å². The number of aromatic nitrogens is 1. The van der Waals surface area contributed by atoms with E-state index in [1.165, 1.54) is 31.2 Å². The molecule has 2 aromatic rings. The van der Waals surface area contributed by atoms with Crippen molar-refractivity contribution < 1.29 is 50.4 Å². The summed E-state index contributed by atoms with van der Waals surface area (Å²) in [6, 6.07) is 5.95. The van der Waals surface area contributed by atoms with Crippen LogP contribution in [0.25, 0.3) is 0 Å². The summed E-state index contributed by atoms with van der Waals surface area (Å²) >= 11 is 0. The molecular weight excluding hydrogens is 471 g/mol. The van der Waals surface area contributed by atoms with Gasteiger partial charge < -0.3 is 19.7 Å². The topological polar surface area (TPSA) is 124 Å².